The van der Waals surface area contributed by atoms with Crippen LogP contribution in [0.1, 0.15) is 28.8 Å². The summed E-state index contributed by atoms with van der Waals surface area (Å²) < 4.78 is 19.3. The molecule has 0 unspecified atom stereocenters. The average Bonchev–Trinajstić information content (AvgIpc) is 3.22. The fraction of sp³-hybridized carbons (Fsp3) is 0.292. The fourth-order valence-corrected chi connectivity index (χ4v) is 5.14. The van der Waals surface area contributed by atoms with Crippen LogP contribution in [-0.4, -0.2) is 40.7 Å². The molecule has 2 aromatic carbocycles. The molecule has 0 aliphatic carbocycles. The number of amides is 1. The molecule has 1 amide bonds. The van der Waals surface area contributed by atoms with E-state index in [0.717, 1.165) is 15.9 Å². The Bertz CT molecular complexity index is 1100. The number of anilines is 1. The van der Waals surface area contributed by atoms with E-state index in [0.29, 0.717) is 24.6 Å². The smallest absolute Gasteiger partial charge is 0.289 e. The van der Waals surface area contributed by atoms with Gasteiger partial charge in [-0.25, -0.2) is 0 Å². The highest BCUT2D eigenvalue weighted by atomic mass is 79.9. The summed E-state index contributed by atoms with van der Waals surface area (Å²) in [4.78, 5) is 17.9. The minimum Gasteiger partial charge on any atom is -0.455 e. The van der Waals surface area contributed by atoms with Gasteiger partial charge >= 0.3 is 0 Å². The molecule has 1 aliphatic rings. The van der Waals surface area contributed by atoms with E-state index in [1.165, 1.54) is 11.3 Å². The van der Waals surface area contributed by atoms with Gasteiger partial charge in [0.1, 0.15) is 5.76 Å². The van der Waals surface area contributed by atoms with Crippen LogP contribution in [0.2, 0.25) is 0 Å². The van der Waals surface area contributed by atoms with Gasteiger partial charge in [0.15, 0.2) is 5.76 Å². The van der Waals surface area contributed by atoms with E-state index in [4.69, 9.17) is 4.42 Å². The van der Waals surface area contributed by atoms with Crippen LogP contribution in [-0.2, 0) is 16.6 Å². The summed E-state index contributed by atoms with van der Waals surface area (Å²) in [6, 6.07) is 19.5. The molecule has 7 heteroatoms. The molecule has 1 aromatic heterocycles. The Balaban J connectivity index is 1.39. The quantitative estimate of drug-likeness (QED) is 0.494. The number of carbonyl (C=O) groups excluding carboxylic acids is 1. The summed E-state index contributed by atoms with van der Waals surface area (Å²) in [5.41, 5.74) is 2.42. The molecule has 0 radical (unpaired) electrons. The van der Waals surface area contributed by atoms with E-state index in [9.17, 15) is 9.00 Å². The predicted molar refractivity (Wildman–Crippen MR) is 127 cm³/mol. The topological polar surface area (TPSA) is 53.8 Å². The summed E-state index contributed by atoms with van der Waals surface area (Å²) in [6.45, 7) is 6.27. The van der Waals surface area contributed by atoms with Crippen LogP contribution in [0.4, 0.5) is 5.69 Å². The normalized spacial score (nSPS) is 17.6. The molecule has 1 fully saturated rings. The predicted octanol–water partition coefficient (Wildman–Crippen LogP) is 5.01. The van der Waals surface area contributed by atoms with E-state index in [1.54, 1.807) is 12.1 Å². The Hall–Kier alpha value is -2.38. The number of nitrogens with zero attached hydrogens (tertiary/aromatic N) is 2. The molecule has 0 saturated carbocycles. The van der Waals surface area contributed by atoms with Gasteiger partial charge in [0, 0.05) is 40.7 Å². The van der Waals surface area contributed by atoms with Gasteiger partial charge in [-0.15, -0.1) is 0 Å². The van der Waals surface area contributed by atoms with Crippen LogP contribution in [0, 0.1) is 6.92 Å². The Morgan fingerprint density at radius 1 is 1.13 bits per heavy atom. The molecule has 3 aromatic rings. The van der Waals surface area contributed by atoms with Gasteiger partial charge in [-0.3, -0.25) is 9.00 Å². The molecule has 162 valence electrons. The molecule has 2 atom stereocenters. The van der Waals surface area contributed by atoms with Crippen molar-refractivity contribution in [3.63, 3.8) is 0 Å². The lowest BCUT2D eigenvalue weighted by Crippen LogP contribution is -2.53. The van der Waals surface area contributed by atoms with Crippen molar-refractivity contribution in [2.45, 2.75) is 30.5 Å². The molecule has 2 heterocycles. The SMILES string of the molecule is Cc1cccc(N2CCN(C(=O)c3ccc(C[S@@](=O)c4ccc(Br)cc4)o3)C[C@@H]2C)c1. The maximum Gasteiger partial charge on any atom is 0.289 e. The molecule has 31 heavy (non-hydrogen) atoms. The van der Waals surface area contributed by atoms with Crippen LogP contribution < -0.4 is 4.90 Å². The molecule has 0 bridgehead atoms. The number of hydrogen-bond acceptors (Lipinski definition) is 4. The minimum absolute atomic E-state index is 0.114. The van der Waals surface area contributed by atoms with E-state index in [2.05, 4.69) is 58.9 Å². The lowest BCUT2D eigenvalue weighted by molar-refractivity contribution is 0.0692. The first-order chi connectivity index (χ1) is 14.9. The number of carbonyl (C=O) groups is 1. The zero-order chi connectivity index (χ0) is 22.0. The van der Waals surface area contributed by atoms with Crippen molar-refractivity contribution >= 4 is 38.3 Å². The first kappa shape index (κ1) is 21.8. The lowest BCUT2D eigenvalue weighted by Gasteiger charge is -2.41. The molecule has 0 N–H and O–H groups in total. The Morgan fingerprint density at radius 2 is 1.90 bits per heavy atom. The zero-order valence-electron chi connectivity index (χ0n) is 17.6. The van der Waals surface area contributed by atoms with Crippen molar-refractivity contribution in [2.24, 2.45) is 0 Å². The Labute approximate surface area is 193 Å². The summed E-state index contributed by atoms with van der Waals surface area (Å²) in [5.74, 6) is 0.985. The number of hydrogen-bond donors (Lipinski definition) is 0. The van der Waals surface area contributed by atoms with Gasteiger partial charge in [0.25, 0.3) is 5.91 Å². The van der Waals surface area contributed by atoms with Gasteiger partial charge in [0.2, 0.25) is 0 Å². The molecule has 5 nitrogen and oxygen atoms in total. The number of furan rings is 1. The van der Waals surface area contributed by atoms with Gasteiger partial charge in [-0.2, -0.15) is 0 Å². The van der Waals surface area contributed by atoms with Crippen LogP contribution in [0.5, 0.6) is 0 Å². The summed E-state index contributed by atoms with van der Waals surface area (Å²) >= 11 is 3.38. The van der Waals surface area contributed by atoms with Crippen molar-refractivity contribution in [2.75, 3.05) is 24.5 Å². The molecule has 0 spiro atoms. The standard InChI is InChI=1S/C24H25BrN2O3S/c1-17-4-3-5-20(14-17)27-13-12-26(15-18(27)2)24(28)23-11-8-21(30-23)16-31(29)22-9-6-19(25)7-10-22/h3-11,14,18H,12-13,15-16H2,1-2H3/t18-,31+/m0/s1. The number of benzene rings is 2. The van der Waals surface area contributed by atoms with Crippen molar-refractivity contribution < 1.29 is 13.4 Å². The van der Waals surface area contributed by atoms with Gasteiger partial charge < -0.3 is 14.2 Å². The molecule has 4 rings (SSSR count). The fourth-order valence-electron chi connectivity index (χ4n) is 3.86. The van der Waals surface area contributed by atoms with E-state index < -0.39 is 10.8 Å². The maximum absolute atomic E-state index is 13.0. The van der Waals surface area contributed by atoms with Crippen molar-refractivity contribution in [1.29, 1.82) is 0 Å². The third kappa shape index (κ3) is 5.10. The molecular formula is C24H25BrN2O3S. The van der Waals surface area contributed by atoms with Crippen molar-refractivity contribution in [3.05, 3.63) is 82.2 Å². The first-order valence-electron chi connectivity index (χ1n) is 10.3. The third-order valence-electron chi connectivity index (χ3n) is 5.47. The number of piperazine rings is 1. The van der Waals surface area contributed by atoms with Gasteiger partial charge in [0.05, 0.1) is 16.6 Å². The van der Waals surface area contributed by atoms with Crippen LogP contribution in [0.3, 0.4) is 0 Å². The monoisotopic (exact) mass is 500 g/mol. The highest BCUT2D eigenvalue weighted by Crippen LogP contribution is 2.23. The van der Waals surface area contributed by atoms with E-state index >= 15 is 0 Å². The number of aryl methyl sites for hydroxylation is 1. The Kier molecular flexibility index (Phi) is 6.62. The highest BCUT2D eigenvalue weighted by Gasteiger charge is 2.29. The maximum atomic E-state index is 13.0. The van der Waals surface area contributed by atoms with E-state index in [-0.39, 0.29) is 17.7 Å². The average molecular weight is 501 g/mol. The van der Waals surface area contributed by atoms with Crippen molar-refractivity contribution in [3.8, 4) is 0 Å². The van der Waals surface area contributed by atoms with Crippen LogP contribution in [0.25, 0.3) is 0 Å². The van der Waals surface area contributed by atoms with Gasteiger partial charge in [-0.05, 0) is 67.9 Å². The zero-order valence-corrected chi connectivity index (χ0v) is 20.0. The minimum atomic E-state index is -1.23. The first-order valence-corrected chi connectivity index (χ1v) is 12.4. The van der Waals surface area contributed by atoms with Crippen molar-refractivity contribution in [1.82, 2.24) is 4.90 Å². The lowest BCUT2D eigenvalue weighted by atomic mass is 10.1. The second-order valence-electron chi connectivity index (χ2n) is 7.84. The summed E-state index contributed by atoms with van der Waals surface area (Å²) in [7, 11) is -1.23. The molecule has 1 saturated heterocycles. The van der Waals surface area contributed by atoms with Crippen LogP contribution in [0.15, 0.2) is 74.4 Å². The largest absolute Gasteiger partial charge is 0.455 e. The number of halogens is 1. The molecular weight excluding hydrogens is 476 g/mol. The second kappa shape index (κ2) is 9.40. The highest BCUT2D eigenvalue weighted by molar-refractivity contribution is 9.10. The molecule has 1 aliphatic heterocycles. The summed E-state index contributed by atoms with van der Waals surface area (Å²) in [6.07, 6.45) is 0. The number of rotatable bonds is 5. The van der Waals surface area contributed by atoms with Crippen LogP contribution >= 0.6 is 15.9 Å². The second-order valence-corrected chi connectivity index (χ2v) is 10.2. The van der Waals surface area contributed by atoms with Gasteiger partial charge in [-0.1, -0.05) is 28.1 Å². The Morgan fingerprint density at radius 3 is 2.61 bits per heavy atom. The summed E-state index contributed by atoms with van der Waals surface area (Å²) in [5, 5.41) is 0. The third-order valence-corrected chi connectivity index (χ3v) is 7.34. The van der Waals surface area contributed by atoms with E-state index in [1.807, 2.05) is 29.2 Å².